The number of hydrogen-bond donors (Lipinski definition) is 5. The number of aliphatic carboxylic acids is 3. The normalized spacial score (nSPS) is 11.4. The third kappa shape index (κ3) is 8.27. The molecule has 1 unspecified atom stereocenters. The minimum Gasteiger partial charge on any atom is -0.505 e. The molecule has 8 nitrogen and oxygen atoms in total. The summed E-state index contributed by atoms with van der Waals surface area (Å²) in [5.41, 5.74) is 5.69. The van der Waals surface area contributed by atoms with E-state index >= 15 is 0 Å². The lowest BCUT2D eigenvalue weighted by atomic mass is 10.1. The maximum absolute atomic E-state index is 12.8. The van der Waals surface area contributed by atoms with Crippen molar-refractivity contribution in [3.63, 3.8) is 0 Å². The quantitative estimate of drug-likeness (QED) is 0.482. The number of phenols is 1. The zero-order valence-corrected chi connectivity index (χ0v) is 11.1. The molecular weight excluding hydrogens is 301 g/mol. The monoisotopic (exact) mass is 315 g/mol. The van der Waals surface area contributed by atoms with Crippen molar-refractivity contribution >= 4 is 17.9 Å². The molecule has 1 aromatic rings. The molecule has 6 N–H and O–H groups in total. The molecule has 1 aromatic carbocycles. The topological polar surface area (TPSA) is 158 Å². The Kier molecular flexibility index (Phi) is 7.87. The van der Waals surface area contributed by atoms with Gasteiger partial charge in [0, 0.05) is 12.2 Å². The summed E-state index contributed by atoms with van der Waals surface area (Å²) in [6, 6.07) is 2.61. The van der Waals surface area contributed by atoms with Crippen LogP contribution in [0.1, 0.15) is 5.56 Å². The van der Waals surface area contributed by atoms with Crippen molar-refractivity contribution in [2.75, 3.05) is 0 Å². The van der Waals surface area contributed by atoms with Crippen molar-refractivity contribution in [1.29, 1.82) is 0 Å². The number of phenolic OH excluding ortho intramolecular Hbond substituents is 1. The Hall–Kier alpha value is -2.94. The summed E-state index contributed by atoms with van der Waals surface area (Å²) in [5.74, 6) is -4.89. The molecule has 0 bridgehead atoms. The lowest BCUT2D eigenvalue weighted by molar-refractivity contribution is -0.138. The van der Waals surface area contributed by atoms with Gasteiger partial charge >= 0.3 is 17.9 Å². The Morgan fingerprint density at radius 3 is 2.00 bits per heavy atom. The highest BCUT2D eigenvalue weighted by Crippen LogP contribution is 2.16. The van der Waals surface area contributed by atoms with Crippen LogP contribution in [0.15, 0.2) is 30.4 Å². The SMILES string of the molecule is NC(Cc1ccc(O)c(F)c1)C(=O)O.O=C(O)/C=C\C(=O)O. The molecule has 1 rings (SSSR count). The summed E-state index contributed by atoms with van der Waals surface area (Å²) in [5, 5.41) is 33.0. The first-order valence-corrected chi connectivity index (χ1v) is 5.73. The van der Waals surface area contributed by atoms with Crippen molar-refractivity contribution in [3.05, 3.63) is 41.7 Å². The standard InChI is InChI=1S/C9H10FNO3.C4H4O4/c10-6-3-5(1-2-8(6)12)4-7(11)9(13)14;5-3(6)1-2-4(7)8/h1-3,7,12H,4,11H2,(H,13,14);1-2H,(H,5,6)(H,7,8)/b;2-1-. The van der Waals surface area contributed by atoms with Gasteiger partial charge in [0.1, 0.15) is 6.04 Å². The predicted molar refractivity (Wildman–Crippen MR) is 71.8 cm³/mol. The molecule has 0 amide bonds. The van der Waals surface area contributed by atoms with Crippen LogP contribution in [-0.2, 0) is 20.8 Å². The predicted octanol–water partition coefficient (Wildman–Crippen LogP) is 0.197. The molecule has 120 valence electrons. The second kappa shape index (κ2) is 9.08. The lowest BCUT2D eigenvalue weighted by Crippen LogP contribution is -2.32. The van der Waals surface area contributed by atoms with Crippen molar-refractivity contribution < 1.29 is 39.2 Å². The van der Waals surface area contributed by atoms with Gasteiger partial charge in [0.15, 0.2) is 11.6 Å². The summed E-state index contributed by atoms with van der Waals surface area (Å²) >= 11 is 0. The van der Waals surface area contributed by atoms with Crippen molar-refractivity contribution in [2.45, 2.75) is 12.5 Å². The molecule has 0 spiro atoms. The average Bonchev–Trinajstić information content (AvgIpc) is 2.41. The third-order valence-electron chi connectivity index (χ3n) is 2.15. The van der Waals surface area contributed by atoms with E-state index in [1.165, 1.54) is 12.1 Å². The van der Waals surface area contributed by atoms with Gasteiger partial charge in [0.05, 0.1) is 0 Å². The number of carbonyl (C=O) groups is 3. The fraction of sp³-hybridized carbons (Fsp3) is 0.154. The molecular formula is C13H14FNO7. The van der Waals surface area contributed by atoms with Crippen LogP contribution in [0.25, 0.3) is 0 Å². The van der Waals surface area contributed by atoms with Crippen molar-refractivity contribution in [1.82, 2.24) is 0 Å². The number of rotatable bonds is 5. The Bertz CT molecular complexity index is 570. The largest absolute Gasteiger partial charge is 0.505 e. The highest BCUT2D eigenvalue weighted by atomic mass is 19.1. The Morgan fingerprint density at radius 2 is 1.64 bits per heavy atom. The molecule has 9 heteroatoms. The second-order valence-corrected chi connectivity index (χ2v) is 3.94. The van der Waals surface area contributed by atoms with Crippen LogP contribution in [0.5, 0.6) is 5.75 Å². The highest BCUT2D eigenvalue weighted by molar-refractivity contribution is 5.89. The number of aromatic hydroxyl groups is 1. The smallest absolute Gasteiger partial charge is 0.328 e. The molecule has 0 aliphatic rings. The maximum atomic E-state index is 12.8. The minimum atomic E-state index is -1.26. The Labute approximate surface area is 123 Å². The van der Waals surface area contributed by atoms with Crippen molar-refractivity contribution in [2.24, 2.45) is 5.73 Å². The fourth-order valence-corrected chi connectivity index (χ4v) is 1.16. The Balaban J connectivity index is 0.000000472. The van der Waals surface area contributed by atoms with E-state index in [4.69, 9.17) is 26.2 Å². The first kappa shape index (κ1) is 19.1. The summed E-state index contributed by atoms with van der Waals surface area (Å²) in [7, 11) is 0. The van der Waals surface area contributed by atoms with Crippen LogP contribution in [0.4, 0.5) is 4.39 Å². The zero-order valence-electron chi connectivity index (χ0n) is 11.1. The molecule has 0 aliphatic carbocycles. The van der Waals surface area contributed by atoms with Crippen LogP contribution in [0, 0.1) is 5.82 Å². The molecule has 0 saturated carbocycles. The van der Waals surface area contributed by atoms with E-state index in [1.807, 2.05) is 0 Å². The summed E-state index contributed by atoms with van der Waals surface area (Å²) in [6.45, 7) is 0. The van der Waals surface area contributed by atoms with Crippen LogP contribution >= 0.6 is 0 Å². The molecule has 1 atom stereocenters. The van der Waals surface area contributed by atoms with E-state index in [1.54, 1.807) is 0 Å². The van der Waals surface area contributed by atoms with E-state index < -0.39 is 35.5 Å². The molecule has 0 aromatic heterocycles. The van der Waals surface area contributed by atoms with Crippen molar-refractivity contribution in [3.8, 4) is 5.75 Å². The summed E-state index contributed by atoms with van der Waals surface area (Å²) in [6.07, 6.45) is 1.15. The van der Waals surface area contributed by atoms with Crippen LogP contribution < -0.4 is 5.73 Å². The first-order valence-electron chi connectivity index (χ1n) is 5.73. The maximum Gasteiger partial charge on any atom is 0.328 e. The molecule has 0 radical (unpaired) electrons. The number of nitrogens with two attached hydrogens (primary N) is 1. The number of carboxylic acid groups (broad SMARTS) is 3. The van der Waals surface area contributed by atoms with Crippen LogP contribution in [0.3, 0.4) is 0 Å². The lowest BCUT2D eigenvalue weighted by Gasteiger charge is -2.06. The van der Waals surface area contributed by atoms with Gasteiger partial charge in [-0.3, -0.25) is 4.79 Å². The van der Waals surface area contributed by atoms with E-state index in [2.05, 4.69) is 0 Å². The number of benzene rings is 1. The number of carboxylic acids is 3. The molecule has 0 fully saturated rings. The van der Waals surface area contributed by atoms with Gasteiger partial charge in [0.2, 0.25) is 0 Å². The second-order valence-electron chi connectivity index (χ2n) is 3.94. The first-order chi connectivity index (χ1) is 10.1. The molecule has 0 aliphatic heterocycles. The van der Waals surface area contributed by atoms with E-state index in [0.29, 0.717) is 17.7 Å². The molecule has 22 heavy (non-hydrogen) atoms. The fourth-order valence-electron chi connectivity index (χ4n) is 1.16. The minimum absolute atomic E-state index is 0.0343. The molecule has 0 saturated heterocycles. The molecule has 0 heterocycles. The van der Waals surface area contributed by atoms with Gasteiger partial charge < -0.3 is 26.2 Å². The van der Waals surface area contributed by atoms with Crippen LogP contribution in [-0.4, -0.2) is 44.4 Å². The average molecular weight is 315 g/mol. The number of halogens is 1. The van der Waals surface area contributed by atoms with Gasteiger partial charge in [-0.1, -0.05) is 6.07 Å². The third-order valence-corrected chi connectivity index (χ3v) is 2.15. The van der Waals surface area contributed by atoms with Gasteiger partial charge in [-0.2, -0.15) is 0 Å². The van der Waals surface area contributed by atoms with Gasteiger partial charge in [-0.25, -0.2) is 14.0 Å². The van der Waals surface area contributed by atoms with Gasteiger partial charge in [-0.15, -0.1) is 0 Å². The van der Waals surface area contributed by atoms with E-state index in [0.717, 1.165) is 6.07 Å². The number of hydrogen-bond acceptors (Lipinski definition) is 5. The Morgan fingerprint density at radius 1 is 1.14 bits per heavy atom. The zero-order chi connectivity index (χ0) is 17.3. The van der Waals surface area contributed by atoms with Gasteiger partial charge in [-0.05, 0) is 24.1 Å². The van der Waals surface area contributed by atoms with E-state index in [9.17, 15) is 18.8 Å². The van der Waals surface area contributed by atoms with Gasteiger partial charge in [0.25, 0.3) is 0 Å². The summed E-state index contributed by atoms with van der Waals surface area (Å²) < 4.78 is 12.8. The van der Waals surface area contributed by atoms with E-state index in [-0.39, 0.29) is 6.42 Å². The highest BCUT2D eigenvalue weighted by Gasteiger charge is 2.12. The van der Waals surface area contributed by atoms with Crippen LogP contribution in [0.2, 0.25) is 0 Å². The summed E-state index contributed by atoms with van der Waals surface area (Å²) in [4.78, 5) is 29.5.